The number of rotatable bonds is 9. The van der Waals surface area contributed by atoms with Crippen LogP contribution in [0.25, 0.3) is 0 Å². The minimum Gasteiger partial charge on any atom is -0.383 e. The number of methoxy groups -OCH3 is 2. The molecule has 1 amide bonds. The summed E-state index contributed by atoms with van der Waals surface area (Å²) in [6, 6.07) is 0.0380. The molecule has 0 spiro atoms. The molecule has 0 saturated heterocycles. The van der Waals surface area contributed by atoms with Crippen molar-refractivity contribution in [3.63, 3.8) is 0 Å². The van der Waals surface area contributed by atoms with Crippen LogP contribution >= 0.6 is 11.5 Å². The molecule has 7 nitrogen and oxygen atoms in total. The van der Waals surface area contributed by atoms with Crippen LogP contribution in [0.2, 0.25) is 0 Å². The molecule has 0 aliphatic rings. The Kier molecular flexibility index (Phi) is 7.41. The Morgan fingerprint density at radius 3 is 2.38 bits per heavy atom. The van der Waals surface area contributed by atoms with Crippen molar-refractivity contribution >= 4 is 28.3 Å². The van der Waals surface area contributed by atoms with Crippen LogP contribution in [0.4, 0.5) is 10.8 Å². The highest BCUT2D eigenvalue weighted by molar-refractivity contribution is 7.11. The monoisotopic (exact) mass is 316 g/mol. The molecule has 0 aromatic carbocycles. The van der Waals surface area contributed by atoms with Crippen LogP contribution in [0.15, 0.2) is 0 Å². The highest BCUT2D eigenvalue weighted by Gasteiger charge is 2.23. The first-order chi connectivity index (χ1) is 10.0. The topological polar surface area (TPSA) is 89.7 Å². The van der Waals surface area contributed by atoms with Crippen molar-refractivity contribution in [1.29, 1.82) is 0 Å². The second-order valence-corrected chi connectivity index (χ2v) is 5.60. The van der Waals surface area contributed by atoms with Crippen LogP contribution in [-0.2, 0) is 9.47 Å². The molecule has 0 saturated carbocycles. The van der Waals surface area contributed by atoms with E-state index in [4.69, 9.17) is 15.2 Å². The molecule has 0 bridgehead atoms. The number of ether oxygens (including phenoxy) is 2. The highest BCUT2D eigenvalue weighted by atomic mass is 32.1. The first kappa shape index (κ1) is 17.7. The fraction of sp³-hybridized carbons (Fsp3) is 0.692. The zero-order valence-electron chi connectivity index (χ0n) is 13.0. The predicted molar refractivity (Wildman–Crippen MR) is 85.1 cm³/mol. The zero-order chi connectivity index (χ0) is 15.8. The number of nitrogens with one attached hydrogen (secondary N) is 1. The molecule has 3 N–H and O–H groups in total. The Morgan fingerprint density at radius 1 is 1.33 bits per heavy atom. The Hall–Kier alpha value is -1.38. The van der Waals surface area contributed by atoms with Crippen molar-refractivity contribution in [2.24, 2.45) is 0 Å². The van der Waals surface area contributed by atoms with Gasteiger partial charge in [0, 0.05) is 33.4 Å². The third-order valence-corrected chi connectivity index (χ3v) is 3.69. The molecule has 1 rings (SSSR count). The number of hydrogen-bond acceptors (Lipinski definition) is 7. The number of nitrogen functional groups attached to an aromatic ring is 1. The summed E-state index contributed by atoms with van der Waals surface area (Å²) >= 11 is 1.22. The molecule has 0 fully saturated rings. The van der Waals surface area contributed by atoms with Crippen LogP contribution in [-0.4, -0.2) is 56.8 Å². The van der Waals surface area contributed by atoms with E-state index in [1.807, 2.05) is 18.7 Å². The molecular weight excluding hydrogens is 292 g/mol. The maximum atomic E-state index is 12.3. The average molecular weight is 316 g/mol. The normalized spacial score (nSPS) is 10.9. The quantitative estimate of drug-likeness (QED) is 0.705. The molecule has 0 aliphatic carbocycles. The van der Waals surface area contributed by atoms with Gasteiger partial charge in [-0.05, 0) is 25.4 Å². The smallest absolute Gasteiger partial charge is 0.258 e. The van der Waals surface area contributed by atoms with Gasteiger partial charge in [0.25, 0.3) is 5.91 Å². The van der Waals surface area contributed by atoms with E-state index in [0.717, 1.165) is 5.00 Å². The largest absolute Gasteiger partial charge is 0.383 e. The number of carbonyl (C=O) groups is 1. The third kappa shape index (κ3) is 5.14. The van der Waals surface area contributed by atoms with E-state index in [2.05, 4.69) is 9.69 Å². The average Bonchev–Trinajstić information content (AvgIpc) is 2.80. The number of hydrogen-bond donors (Lipinski definition) is 2. The van der Waals surface area contributed by atoms with Crippen molar-refractivity contribution in [3.8, 4) is 0 Å². The van der Waals surface area contributed by atoms with Gasteiger partial charge in [0.15, 0.2) is 5.82 Å². The fourth-order valence-corrected chi connectivity index (χ4v) is 2.64. The highest BCUT2D eigenvalue weighted by Crippen LogP contribution is 2.30. The van der Waals surface area contributed by atoms with Gasteiger partial charge in [-0.1, -0.05) is 0 Å². The summed E-state index contributed by atoms with van der Waals surface area (Å²) in [5.41, 5.74) is 6.29. The van der Waals surface area contributed by atoms with E-state index in [1.54, 1.807) is 14.2 Å². The van der Waals surface area contributed by atoms with E-state index in [0.29, 0.717) is 31.9 Å². The Morgan fingerprint density at radius 2 is 1.90 bits per heavy atom. The molecule has 1 heterocycles. The minimum absolute atomic E-state index is 0.0380. The first-order valence-corrected chi connectivity index (χ1v) is 7.57. The van der Waals surface area contributed by atoms with Gasteiger partial charge in [0.2, 0.25) is 0 Å². The molecule has 0 atom stereocenters. The summed E-state index contributed by atoms with van der Waals surface area (Å²) in [6.07, 6.45) is 0. The van der Waals surface area contributed by atoms with Crippen molar-refractivity contribution in [1.82, 2.24) is 9.69 Å². The van der Waals surface area contributed by atoms with Crippen molar-refractivity contribution in [3.05, 3.63) is 5.56 Å². The van der Waals surface area contributed by atoms with E-state index in [-0.39, 0.29) is 17.8 Å². The standard InChI is InChI=1S/C13H24N4O3S/c1-9(2)15-12(18)10-11(14)16-21-13(10)17(5-7-19-3)6-8-20-4/h9H,5-8H2,1-4H3,(H2,14,16)(H,15,18). The van der Waals surface area contributed by atoms with Gasteiger partial charge in [-0.15, -0.1) is 0 Å². The molecule has 0 radical (unpaired) electrons. The van der Waals surface area contributed by atoms with Crippen LogP contribution < -0.4 is 16.0 Å². The lowest BCUT2D eigenvalue weighted by molar-refractivity contribution is 0.0944. The number of aromatic nitrogens is 1. The van der Waals surface area contributed by atoms with Gasteiger partial charge in [-0.25, -0.2) is 0 Å². The van der Waals surface area contributed by atoms with Crippen LogP contribution in [0, 0.1) is 0 Å². The van der Waals surface area contributed by atoms with Gasteiger partial charge in [0.05, 0.1) is 13.2 Å². The lowest BCUT2D eigenvalue weighted by Crippen LogP contribution is -2.34. The minimum atomic E-state index is -0.203. The maximum Gasteiger partial charge on any atom is 0.258 e. The van der Waals surface area contributed by atoms with Gasteiger partial charge in [-0.3, -0.25) is 4.79 Å². The van der Waals surface area contributed by atoms with E-state index in [1.165, 1.54) is 11.5 Å². The fourth-order valence-electron chi connectivity index (χ4n) is 1.77. The SMILES string of the molecule is COCCN(CCOC)c1snc(N)c1C(=O)NC(C)C. The van der Waals surface area contributed by atoms with Crippen molar-refractivity contribution < 1.29 is 14.3 Å². The molecule has 1 aromatic heterocycles. The molecule has 0 aliphatic heterocycles. The van der Waals surface area contributed by atoms with E-state index >= 15 is 0 Å². The number of carbonyl (C=O) groups excluding carboxylic acids is 1. The number of amides is 1. The summed E-state index contributed by atoms with van der Waals surface area (Å²) in [5, 5.41) is 3.60. The van der Waals surface area contributed by atoms with Crippen LogP contribution in [0.1, 0.15) is 24.2 Å². The number of anilines is 2. The van der Waals surface area contributed by atoms with Gasteiger partial charge in [-0.2, -0.15) is 4.37 Å². The first-order valence-electron chi connectivity index (χ1n) is 6.80. The Labute approximate surface area is 129 Å². The molecule has 0 unspecified atom stereocenters. The van der Waals surface area contributed by atoms with Crippen LogP contribution in [0.5, 0.6) is 0 Å². The molecule has 120 valence electrons. The van der Waals surface area contributed by atoms with E-state index in [9.17, 15) is 4.79 Å². The lowest BCUT2D eigenvalue weighted by Gasteiger charge is -2.23. The van der Waals surface area contributed by atoms with Gasteiger partial charge >= 0.3 is 0 Å². The number of nitrogens with two attached hydrogens (primary N) is 1. The van der Waals surface area contributed by atoms with Gasteiger partial charge < -0.3 is 25.4 Å². The third-order valence-electron chi connectivity index (χ3n) is 2.77. The van der Waals surface area contributed by atoms with E-state index < -0.39 is 0 Å². The Bertz CT molecular complexity index is 443. The summed E-state index contributed by atoms with van der Waals surface area (Å²) < 4.78 is 14.3. The summed E-state index contributed by atoms with van der Waals surface area (Å²) in [5.74, 6) is 0.0547. The molecule has 8 heteroatoms. The van der Waals surface area contributed by atoms with Crippen LogP contribution in [0.3, 0.4) is 0 Å². The second kappa shape index (κ2) is 8.81. The van der Waals surface area contributed by atoms with Crippen molar-refractivity contribution in [2.45, 2.75) is 19.9 Å². The number of nitrogens with zero attached hydrogens (tertiary/aromatic N) is 2. The lowest BCUT2D eigenvalue weighted by atomic mass is 10.2. The molecule has 21 heavy (non-hydrogen) atoms. The summed E-state index contributed by atoms with van der Waals surface area (Å²) in [4.78, 5) is 14.3. The predicted octanol–water partition coefficient (Wildman–Crippen LogP) is 0.963. The summed E-state index contributed by atoms with van der Waals surface area (Å²) in [7, 11) is 3.28. The zero-order valence-corrected chi connectivity index (χ0v) is 13.8. The maximum absolute atomic E-state index is 12.3. The van der Waals surface area contributed by atoms with Crippen molar-refractivity contribution in [2.75, 3.05) is 51.2 Å². The molecular formula is C13H24N4O3S. The Balaban J connectivity index is 2.98. The second-order valence-electron chi connectivity index (χ2n) is 4.85. The summed E-state index contributed by atoms with van der Waals surface area (Å²) in [6.45, 7) is 6.19. The molecule has 1 aromatic rings. The van der Waals surface area contributed by atoms with Gasteiger partial charge in [0.1, 0.15) is 10.6 Å².